The van der Waals surface area contributed by atoms with Gasteiger partial charge in [-0.3, -0.25) is 4.99 Å². The molecule has 1 heterocycles. The Labute approximate surface area is 127 Å². The van der Waals surface area contributed by atoms with Crippen LogP contribution >= 0.6 is 11.8 Å². The van der Waals surface area contributed by atoms with Gasteiger partial charge in [-0.1, -0.05) is 36.0 Å². The summed E-state index contributed by atoms with van der Waals surface area (Å²) in [5.41, 5.74) is 1.17. The summed E-state index contributed by atoms with van der Waals surface area (Å²) in [4.78, 5) is 6.34. The van der Waals surface area contributed by atoms with Crippen LogP contribution in [-0.4, -0.2) is 19.0 Å². The zero-order valence-electron chi connectivity index (χ0n) is 11.5. The summed E-state index contributed by atoms with van der Waals surface area (Å²) in [5, 5.41) is 6.47. The molecule has 0 aromatic heterocycles. The van der Waals surface area contributed by atoms with Crippen LogP contribution in [0, 0.1) is 5.82 Å². The topological polar surface area (TPSA) is 36.4 Å². The van der Waals surface area contributed by atoms with Crippen molar-refractivity contribution in [2.24, 2.45) is 4.99 Å². The second-order valence-corrected chi connectivity index (χ2v) is 5.79. The van der Waals surface area contributed by atoms with Crippen molar-refractivity contribution in [2.45, 2.75) is 16.3 Å². The number of benzene rings is 2. The number of nitrogens with zero attached hydrogens (tertiary/aromatic N) is 1. The lowest BCUT2D eigenvalue weighted by molar-refractivity contribution is 0.624. The van der Waals surface area contributed by atoms with Crippen LogP contribution in [0.5, 0.6) is 0 Å². The Morgan fingerprint density at radius 2 is 2.10 bits per heavy atom. The molecule has 0 atom stereocenters. The molecule has 5 heteroatoms. The Morgan fingerprint density at radius 1 is 1.19 bits per heavy atom. The van der Waals surface area contributed by atoms with Crippen molar-refractivity contribution in [3.05, 3.63) is 59.9 Å². The third-order valence-electron chi connectivity index (χ3n) is 3.12. The molecule has 3 nitrogen and oxygen atoms in total. The Balaban J connectivity index is 1.72. The number of nitrogens with one attached hydrogen (secondary N) is 2. The quantitative estimate of drug-likeness (QED) is 0.911. The van der Waals surface area contributed by atoms with Crippen LogP contribution in [-0.2, 0) is 6.54 Å². The maximum Gasteiger partial charge on any atom is 0.191 e. The first-order chi connectivity index (χ1) is 10.3. The highest BCUT2D eigenvalue weighted by Crippen LogP contribution is 2.30. The van der Waals surface area contributed by atoms with Gasteiger partial charge in [-0.2, -0.15) is 0 Å². The van der Waals surface area contributed by atoms with E-state index in [-0.39, 0.29) is 5.82 Å². The minimum Gasteiger partial charge on any atom is -0.355 e. The van der Waals surface area contributed by atoms with Crippen LogP contribution in [0.1, 0.15) is 5.56 Å². The maximum absolute atomic E-state index is 13.3. The highest BCUT2D eigenvalue weighted by molar-refractivity contribution is 7.99. The second kappa shape index (κ2) is 6.63. The van der Waals surface area contributed by atoms with E-state index in [1.54, 1.807) is 23.9 Å². The molecule has 0 radical (unpaired) electrons. The Kier molecular flexibility index (Phi) is 4.40. The molecular formula is C16H16FN3S. The molecule has 21 heavy (non-hydrogen) atoms. The summed E-state index contributed by atoms with van der Waals surface area (Å²) < 4.78 is 13.3. The normalized spacial score (nSPS) is 13.7. The monoisotopic (exact) mass is 301 g/mol. The Hall–Kier alpha value is -2.01. The van der Waals surface area contributed by atoms with Crippen molar-refractivity contribution in [3.8, 4) is 0 Å². The maximum atomic E-state index is 13.3. The predicted molar refractivity (Wildman–Crippen MR) is 84.1 cm³/mol. The third-order valence-corrected chi connectivity index (χ3v) is 4.22. The van der Waals surface area contributed by atoms with E-state index in [2.05, 4.69) is 27.8 Å². The highest BCUT2D eigenvalue weighted by atomic mass is 32.2. The van der Waals surface area contributed by atoms with Gasteiger partial charge in [-0.05, 0) is 29.8 Å². The molecule has 108 valence electrons. The average Bonchev–Trinajstić information content (AvgIpc) is 3.00. The molecular weight excluding hydrogens is 285 g/mol. The van der Waals surface area contributed by atoms with Crippen molar-refractivity contribution in [1.82, 2.24) is 10.6 Å². The van der Waals surface area contributed by atoms with Crippen LogP contribution in [0.4, 0.5) is 4.39 Å². The van der Waals surface area contributed by atoms with Gasteiger partial charge in [-0.25, -0.2) is 4.39 Å². The lowest BCUT2D eigenvalue weighted by atomic mass is 10.2. The minimum atomic E-state index is -0.208. The van der Waals surface area contributed by atoms with E-state index >= 15 is 0 Å². The van der Waals surface area contributed by atoms with E-state index < -0.39 is 0 Å². The lowest BCUT2D eigenvalue weighted by Gasteiger charge is -2.11. The van der Waals surface area contributed by atoms with Crippen LogP contribution < -0.4 is 10.6 Å². The molecule has 0 fully saturated rings. The first-order valence-electron chi connectivity index (χ1n) is 6.85. The molecule has 1 aliphatic rings. The fourth-order valence-electron chi connectivity index (χ4n) is 2.10. The smallest absolute Gasteiger partial charge is 0.191 e. The molecule has 1 aliphatic heterocycles. The summed E-state index contributed by atoms with van der Waals surface area (Å²) in [5.74, 6) is 0.640. The number of guanidine groups is 1. The molecule has 0 unspecified atom stereocenters. The van der Waals surface area contributed by atoms with Gasteiger partial charge in [0.1, 0.15) is 5.82 Å². The van der Waals surface area contributed by atoms with Crippen molar-refractivity contribution < 1.29 is 4.39 Å². The molecule has 0 aliphatic carbocycles. The number of halogens is 1. The number of hydrogen-bond acceptors (Lipinski definition) is 4. The van der Waals surface area contributed by atoms with Crippen LogP contribution in [0.3, 0.4) is 0 Å². The van der Waals surface area contributed by atoms with Gasteiger partial charge in [0.05, 0.1) is 6.54 Å². The molecule has 3 rings (SSSR count). The van der Waals surface area contributed by atoms with Gasteiger partial charge in [-0.15, -0.1) is 0 Å². The Bertz CT molecular complexity index is 657. The van der Waals surface area contributed by atoms with E-state index in [4.69, 9.17) is 0 Å². The average molecular weight is 301 g/mol. The van der Waals surface area contributed by atoms with Gasteiger partial charge in [0.25, 0.3) is 0 Å². The van der Waals surface area contributed by atoms with E-state index in [9.17, 15) is 4.39 Å². The first kappa shape index (κ1) is 13.9. The number of hydrogen-bond donors (Lipinski definition) is 2. The predicted octanol–water partition coefficient (Wildman–Crippen LogP) is 3.03. The molecule has 0 amide bonds. The van der Waals surface area contributed by atoms with Crippen molar-refractivity contribution in [1.29, 1.82) is 0 Å². The molecule has 2 N–H and O–H groups in total. The van der Waals surface area contributed by atoms with E-state index in [1.807, 2.05) is 18.2 Å². The van der Waals surface area contributed by atoms with E-state index in [0.29, 0.717) is 6.54 Å². The number of rotatable bonds is 4. The van der Waals surface area contributed by atoms with E-state index in [1.165, 1.54) is 11.6 Å². The van der Waals surface area contributed by atoms with Crippen LogP contribution in [0.2, 0.25) is 0 Å². The zero-order valence-corrected chi connectivity index (χ0v) is 12.3. The molecule has 2 aromatic rings. The lowest BCUT2D eigenvalue weighted by Crippen LogP contribution is -2.33. The molecule has 2 aromatic carbocycles. The SMILES string of the molecule is Fc1cccc(Sc2ccccc2CNC2=NCCN2)c1. The highest BCUT2D eigenvalue weighted by Gasteiger charge is 2.07. The number of aliphatic imine (C=N–C) groups is 1. The summed E-state index contributed by atoms with van der Waals surface area (Å²) in [6.45, 7) is 2.41. The van der Waals surface area contributed by atoms with Gasteiger partial charge in [0, 0.05) is 22.9 Å². The minimum absolute atomic E-state index is 0.208. The zero-order chi connectivity index (χ0) is 14.5. The molecule has 0 saturated heterocycles. The summed E-state index contributed by atoms with van der Waals surface area (Å²) in [7, 11) is 0. The standard InChI is InChI=1S/C16H16FN3S/c17-13-5-3-6-14(10-13)21-15-7-2-1-4-12(15)11-20-16-18-8-9-19-16/h1-7,10H,8-9,11H2,(H2,18,19,20). The fourth-order valence-corrected chi connectivity index (χ4v) is 3.09. The molecule has 0 bridgehead atoms. The van der Waals surface area contributed by atoms with Crippen molar-refractivity contribution in [2.75, 3.05) is 13.1 Å². The summed E-state index contributed by atoms with van der Waals surface area (Å²) in [6.07, 6.45) is 0. The van der Waals surface area contributed by atoms with Crippen molar-refractivity contribution >= 4 is 17.7 Å². The summed E-state index contributed by atoms with van der Waals surface area (Å²) >= 11 is 1.57. The second-order valence-electron chi connectivity index (χ2n) is 4.68. The first-order valence-corrected chi connectivity index (χ1v) is 7.66. The van der Waals surface area contributed by atoms with Gasteiger partial charge >= 0.3 is 0 Å². The van der Waals surface area contributed by atoms with E-state index in [0.717, 1.165) is 28.8 Å². The molecule has 0 saturated carbocycles. The summed E-state index contributed by atoms with van der Waals surface area (Å²) in [6, 6.07) is 14.8. The van der Waals surface area contributed by atoms with Crippen LogP contribution in [0.15, 0.2) is 63.3 Å². The van der Waals surface area contributed by atoms with Gasteiger partial charge < -0.3 is 10.6 Å². The third kappa shape index (κ3) is 3.76. The van der Waals surface area contributed by atoms with Gasteiger partial charge in [0.15, 0.2) is 5.96 Å². The van der Waals surface area contributed by atoms with Crippen molar-refractivity contribution in [3.63, 3.8) is 0 Å². The molecule has 0 spiro atoms. The van der Waals surface area contributed by atoms with Crippen LogP contribution in [0.25, 0.3) is 0 Å². The fraction of sp³-hybridized carbons (Fsp3) is 0.188. The van der Waals surface area contributed by atoms with Gasteiger partial charge in [0.2, 0.25) is 0 Å². The largest absolute Gasteiger partial charge is 0.355 e. The Morgan fingerprint density at radius 3 is 2.90 bits per heavy atom.